The Balaban J connectivity index is 2.71. The lowest BCUT2D eigenvalue weighted by Gasteiger charge is -2.20. The molecule has 1 atom stereocenters. The van der Waals surface area contributed by atoms with Crippen LogP contribution in [0.25, 0.3) is 0 Å². The zero-order chi connectivity index (χ0) is 11.5. The van der Waals surface area contributed by atoms with Crippen LogP contribution in [-0.4, -0.2) is 11.3 Å². The summed E-state index contributed by atoms with van der Waals surface area (Å²) in [6.45, 7) is 5.77. The molecule has 0 saturated heterocycles. The van der Waals surface area contributed by atoms with Gasteiger partial charge in [0.15, 0.2) is 5.78 Å². The van der Waals surface area contributed by atoms with Gasteiger partial charge < -0.3 is 5.73 Å². The molecule has 0 aliphatic heterocycles. The van der Waals surface area contributed by atoms with Crippen LogP contribution in [0, 0.1) is 6.92 Å². The number of carbonyl (C=O) groups excluding carboxylic acids is 1. The number of hydrogen-bond acceptors (Lipinski definition) is 2. The molecule has 15 heavy (non-hydrogen) atoms. The molecule has 0 spiro atoms. The van der Waals surface area contributed by atoms with Crippen LogP contribution in [0.15, 0.2) is 24.3 Å². The lowest BCUT2D eigenvalue weighted by Crippen LogP contribution is -2.45. The van der Waals surface area contributed by atoms with Crippen molar-refractivity contribution in [2.45, 2.75) is 39.2 Å². The summed E-state index contributed by atoms with van der Waals surface area (Å²) < 4.78 is 0. The van der Waals surface area contributed by atoms with Crippen LogP contribution in [0.4, 0.5) is 0 Å². The number of hydrogen-bond donors (Lipinski definition) is 1. The Morgan fingerprint density at radius 1 is 1.33 bits per heavy atom. The molecule has 1 aromatic carbocycles. The summed E-state index contributed by atoms with van der Waals surface area (Å²) in [6, 6.07) is 8.00. The van der Waals surface area contributed by atoms with E-state index in [1.807, 2.05) is 38.1 Å². The van der Waals surface area contributed by atoms with Crippen LogP contribution < -0.4 is 5.73 Å². The lowest BCUT2D eigenvalue weighted by molar-refractivity contribution is -0.123. The molecular weight excluding hydrogens is 186 g/mol. The molecule has 1 aromatic rings. The second-order valence-corrected chi connectivity index (χ2v) is 4.36. The standard InChI is InChI=1S/C13H19NO/c1-4-13(3,14)12(15)9-11-7-5-10(2)6-8-11/h5-8H,4,9,14H2,1-3H3. The first-order valence-corrected chi connectivity index (χ1v) is 5.33. The lowest BCUT2D eigenvalue weighted by atomic mass is 9.90. The fraction of sp³-hybridized carbons (Fsp3) is 0.462. The summed E-state index contributed by atoms with van der Waals surface area (Å²) in [5.74, 6) is 0.105. The van der Waals surface area contributed by atoms with Crippen LogP contribution in [0.5, 0.6) is 0 Å². The third kappa shape index (κ3) is 3.17. The molecule has 2 N–H and O–H groups in total. The molecule has 0 bridgehead atoms. The number of nitrogens with two attached hydrogens (primary N) is 1. The maximum absolute atomic E-state index is 11.8. The zero-order valence-corrected chi connectivity index (χ0v) is 9.71. The molecule has 2 nitrogen and oxygen atoms in total. The van der Waals surface area contributed by atoms with Crippen molar-refractivity contribution in [3.8, 4) is 0 Å². The van der Waals surface area contributed by atoms with Crippen molar-refractivity contribution >= 4 is 5.78 Å². The van der Waals surface area contributed by atoms with E-state index in [0.29, 0.717) is 12.8 Å². The first-order valence-electron chi connectivity index (χ1n) is 5.33. The Hall–Kier alpha value is -1.15. The Morgan fingerprint density at radius 3 is 2.33 bits per heavy atom. The van der Waals surface area contributed by atoms with Crippen molar-refractivity contribution in [3.05, 3.63) is 35.4 Å². The number of Topliss-reactive ketones (excluding diaryl/α,β-unsaturated/α-hetero) is 1. The molecule has 0 saturated carbocycles. The van der Waals surface area contributed by atoms with Gasteiger partial charge in [-0.3, -0.25) is 4.79 Å². The minimum atomic E-state index is -0.690. The summed E-state index contributed by atoms with van der Waals surface area (Å²) in [7, 11) is 0. The predicted octanol–water partition coefficient (Wildman–Crippen LogP) is 2.23. The highest BCUT2D eigenvalue weighted by atomic mass is 16.1. The molecule has 0 radical (unpaired) electrons. The van der Waals surface area contributed by atoms with Crippen LogP contribution in [0.2, 0.25) is 0 Å². The van der Waals surface area contributed by atoms with E-state index in [2.05, 4.69) is 0 Å². The van der Waals surface area contributed by atoms with E-state index >= 15 is 0 Å². The van der Waals surface area contributed by atoms with Crippen molar-refractivity contribution in [3.63, 3.8) is 0 Å². The summed E-state index contributed by atoms with van der Waals surface area (Å²) in [5.41, 5.74) is 7.44. The maximum atomic E-state index is 11.8. The van der Waals surface area contributed by atoms with Gasteiger partial charge >= 0.3 is 0 Å². The van der Waals surface area contributed by atoms with Gasteiger partial charge in [0, 0.05) is 6.42 Å². The van der Waals surface area contributed by atoms with Gasteiger partial charge in [0.2, 0.25) is 0 Å². The summed E-state index contributed by atoms with van der Waals surface area (Å²) in [5, 5.41) is 0. The van der Waals surface area contributed by atoms with Gasteiger partial charge in [-0.25, -0.2) is 0 Å². The monoisotopic (exact) mass is 205 g/mol. The normalized spacial score (nSPS) is 14.7. The average Bonchev–Trinajstić information content (AvgIpc) is 2.21. The predicted molar refractivity (Wildman–Crippen MR) is 62.8 cm³/mol. The number of aryl methyl sites for hydroxylation is 1. The Bertz CT molecular complexity index is 338. The summed E-state index contributed by atoms with van der Waals surface area (Å²) >= 11 is 0. The van der Waals surface area contributed by atoms with Crippen LogP contribution >= 0.6 is 0 Å². The van der Waals surface area contributed by atoms with Gasteiger partial charge in [-0.05, 0) is 25.8 Å². The molecular formula is C13H19NO. The van der Waals surface area contributed by atoms with E-state index in [4.69, 9.17) is 5.73 Å². The van der Waals surface area contributed by atoms with Crippen molar-refractivity contribution in [1.29, 1.82) is 0 Å². The first-order chi connectivity index (χ1) is 6.95. The van der Waals surface area contributed by atoms with E-state index in [0.717, 1.165) is 5.56 Å². The highest BCUT2D eigenvalue weighted by molar-refractivity contribution is 5.89. The van der Waals surface area contributed by atoms with Gasteiger partial charge in [0.1, 0.15) is 0 Å². The van der Waals surface area contributed by atoms with Gasteiger partial charge in [-0.1, -0.05) is 36.8 Å². The Kier molecular flexibility index (Phi) is 3.64. The van der Waals surface area contributed by atoms with E-state index < -0.39 is 5.54 Å². The van der Waals surface area contributed by atoms with Gasteiger partial charge in [-0.15, -0.1) is 0 Å². The first kappa shape index (κ1) is 11.9. The highest BCUT2D eigenvalue weighted by Gasteiger charge is 2.25. The van der Waals surface area contributed by atoms with Crippen molar-refractivity contribution in [2.75, 3.05) is 0 Å². The molecule has 1 unspecified atom stereocenters. The maximum Gasteiger partial charge on any atom is 0.156 e. The molecule has 0 amide bonds. The second kappa shape index (κ2) is 4.58. The van der Waals surface area contributed by atoms with Gasteiger partial charge in [0.25, 0.3) is 0 Å². The van der Waals surface area contributed by atoms with E-state index in [9.17, 15) is 4.79 Å². The van der Waals surface area contributed by atoms with Crippen molar-refractivity contribution in [2.24, 2.45) is 5.73 Å². The quantitative estimate of drug-likeness (QED) is 0.819. The molecule has 2 heteroatoms. The summed E-state index contributed by atoms with van der Waals surface area (Å²) in [6.07, 6.45) is 1.11. The largest absolute Gasteiger partial charge is 0.319 e. The van der Waals surface area contributed by atoms with E-state index in [-0.39, 0.29) is 5.78 Å². The number of carbonyl (C=O) groups is 1. The van der Waals surface area contributed by atoms with Gasteiger partial charge in [0.05, 0.1) is 5.54 Å². The SMILES string of the molecule is CCC(C)(N)C(=O)Cc1ccc(C)cc1. The minimum absolute atomic E-state index is 0.105. The third-order valence-corrected chi connectivity index (χ3v) is 2.86. The molecule has 0 aliphatic carbocycles. The Morgan fingerprint density at radius 2 is 1.87 bits per heavy atom. The molecule has 0 fully saturated rings. The third-order valence-electron chi connectivity index (χ3n) is 2.86. The smallest absolute Gasteiger partial charge is 0.156 e. The van der Waals surface area contributed by atoms with E-state index in [1.54, 1.807) is 6.92 Å². The number of benzene rings is 1. The molecule has 0 aliphatic rings. The van der Waals surface area contributed by atoms with E-state index in [1.165, 1.54) is 5.56 Å². The van der Waals surface area contributed by atoms with Crippen LogP contribution in [-0.2, 0) is 11.2 Å². The second-order valence-electron chi connectivity index (χ2n) is 4.36. The molecule has 1 rings (SSSR count). The topological polar surface area (TPSA) is 43.1 Å². The highest BCUT2D eigenvalue weighted by Crippen LogP contribution is 2.12. The molecule has 82 valence electrons. The average molecular weight is 205 g/mol. The fourth-order valence-corrected chi connectivity index (χ4v) is 1.29. The van der Waals surface area contributed by atoms with Crippen LogP contribution in [0.1, 0.15) is 31.4 Å². The fourth-order valence-electron chi connectivity index (χ4n) is 1.29. The molecule has 0 aromatic heterocycles. The number of rotatable bonds is 4. The molecule has 0 heterocycles. The van der Waals surface area contributed by atoms with Crippen molar-refractivity contribution in [1.82, 2.24) is 0 Å². The number of ketones is 1. The summed E-state index contributed by atoms with van der Waals surface area (Å²) in [4.78, 5) is 11.8. The minimum Gasteiger partial charge on any atom is -0.319 e. The van der Waals surface area contributed by atoms with Crippen LogP contribution in [0.3, 0.4) is 0 Å². The van der Waals surface area contributed by atoms with Gasteiger partial charge in [-0.2, -0.15) is 0 Å². The van der Waals surface area contributed by atoms with Crippen molar-refractivity contribution < 1.29 is 4.79 Å². The zero-order valence-electron chi connectivity index (χ0n) is 9.71. The Labute approximate surface area is 91.5 Å².